The Morgan fingerprint density at radius 3 is 1.64 bits per heavy atom. The van der Waals surface area contributed by atoms with Gasteiger partial charge in [-0.15, -0.1) is 0 Å². The smallest absolute Gasteiger partial charge is 0.252 e. The predicted molar refractivity (Wildman–Crippen MR) is 134 cm³/mol. The standard InChI is InChI=1S/C25H30Cl2N2O4/c1-6-7-8-9-10-15(16-11-18(26)22(32-4)20(13(16)2)24(28)30)17-12-19(27)23(33-5)21(14(17)3)25(29)31/h10-12H,6-9H2,1-5H3,(H2,28,30)(H2,29,31). The number of methoxy groups -OCH3 is 2. The van der Waals surface area contributed by atoms with E-state index in [4.69, 9.17) is 44.1 Å². The van der Waals surface area contributed by atoms with Gasteiger partial charge in [-0.1, -0.05) is 49.0 Å². The van der Waals surface area contributed by atoms with Crippen molar-refractivity contribution < 1.29 is 19.1 Å². The van der Waals surface area contributed by atoms with Gasteiger partial charge in [-0.25, -0.2) is 0 Å². The number of benzene rings is 2. The van der Waals surface area contributed by atoms with Crippen LogP contribution in [0.15, 0.2) is 18.2 Å². The van der Waals surface area contributed by atoms with Gasteiger partial charge in [-0.2, -0.15) is 0 Å². The van der Waals surface area contributed by atoms with Gasteiger partial charge in [-0.3, -0.25) is 9.59 Å². The van der Waals surface area contributed by atoms with Crippen LogP contribution >= 0.6 is 23.2 Å². The predicted octanol–water partition coefficient (Wildman–Crippen LogP) is 5.84. The van der Waals surface area contributed by atoms with E-state index in [-0.39, 0.29) is 32.7 Å². The van der Waals surface area contributed by atoms with Crippen LogP contribution in [0.5, 0.6) is 11.5 Å². The largest absolute Gasteiger partial charge is 0.494 e. The number of rotatable bonds is 10. The molecule has 0 saturated carbocycles. The Hall–Kier alpha value is -2.70. The highest BCUT2D eigenvalue weighted by Crippen LogP contribution is 2.42. The summed E-state index contributed by atoms with van der Waals surface area (Å²) in [7, 11) is 2.86. The van der Waals surface area contributed by atoms with Gasteiger partial charge in [0.2, 0.25) is 0 Å². The Kier molecular flexibility index (Phi) is 9.20. The summed E-state index contributed by atoms with van der Waals surface area (Å²) in [6, 6.07) is 3.46. The molecule has 2 amide bonds. The molecule has 4 N–H and O–H groups in total. The van der Waals surface area contributed by atoms with Gasteiger partial charge in [-0.05, 0) is 66.6 Å². The lowest BCUT2D eigenvalue weighted by Crippen LogP contribution is -2.17. The van der Waals surface area contributed by atoms with E-state index in [1.165, 1.54) is 14.2 Å². The number of ether oxygens (including phenoxy) is 2. The first-order chi connectivity index (χ1) is 15.6. The molecule has 8 heteroatoms. The van der Waals surface area contributed by atoms with E-state index in [0.29, 0.717) is 22.3 Å². The average Bonchev–Trinajstić information content (AvgIpc) is 2.75. The number of carbonyl (C=O) groups is 2. The second-order valence-corrected chi connectivity index (χ2v) is 8.53. The molecule has 0 spiro atoms. The zero-order chi connectivity index (χ0) is 24.9. The van der Waals surface area contributed by atoms with E-state index in [1.807, 2.05) is 0 Å². The van der Waals surface area contributed by atoms with E-state index in [2.05, 4.69) is 13.0 Å². The monoisotopic (exact) mass is 492 g/mol. The molecule has 0 aliphatic heterocycles. The summed E-state index contributed by atoms with van der Waals surface area (Å²) in [6.45, 7) is 5.69. The van der Waals surface area contributed by atoms with Crippen LogP contribution in [0.4, 0.5) is 0 Å². The highest BCUT2D eigenvalue weighted by Gasteiger charge is 2.25. The van der Waals surface area contributed by atoms with E-state index in [1.54, 1.807) is 26.0 Å². The second kappa shape index (κ2) is 11.4. The fraction of sp³-hybridized carbons (Fsp3) is 0.360. The zero-order valence-electron chi connectivity index (χ0n) is 19.6. The van der Waals surface area contributed by atoms with Gasteiger partial charge in [0, 0.05) is 0 Å². The molecule has 0 radical (unpaired) electrons. The molecule has 0 bridgehead atoms. The molecule has 0 heterocycles. The summed E-state index contributed by atoms with van der Waals surface area (Å²) >= 11 is 13.0. The molecule has 0 fully saturated rings. The summed E-state index contributed by atoms with van der Waals surface area (Å²) < 4.78 is 10.7. The number of hydrogen-bond acceptors (Lipinski definition) is 4. The normalized spacial score (nSPS) is 10.6. The Balaban J connectivity index is 2.92. The molecule has 2 aromatic carbocycles. The molecule has 0 aliphatic rings. The van der Waals surface area contributed by atoms with Crippen LogP contribution in [-0.4, -0.2) is 26.0 Å². The van der Waals surface area contributed by atoms with Crippen LogP contribution in [0.2, 0.25) is 10.0 Å². The van der Waals surface area contributed by atoms with Crippen molar-refractivity contribution in [2.24, 2.45) is 11.5 Å². The quantitative estimate of drug-likeness (QED) is 0.406. The lowest BCUT2D eigenvalue weighted by Gasteiger charge is -2.21. The molecule has 0 unspecified atom stereocenters. The van der Waals surface area contributed by atoms with Gasteiger partial charge in [0.1, 0.15) is 0 Å². The van der Waals surface area contributed by atoms with Crippen molar-refractivity contribution in [3.8, 4) is 11.5 Å². The summed E-state index contributed by atoms with van der Waals surface area (Å²) in [5.41, 5.74) is 15.1. The van der Waals surface area contributed by atoms with E-state index in [0.717, 1.165) is 31.3 Å². The second-order valence-electron chi connectivity index (χ2n) is 7.72. The third kappa shape index (κ3) is 5.45. The Morgan fingerprint density at radius 2 is 1.30 bits per heavy atom. The zero-order valence-corrected chi connectivity index (χ0v) is 21.1. The van der Waals surface area contributed by atoms with Gasteiger partial charge >= 0.3 is 0 Å². The molecule has 2 aromatic rings. The minimum atomic E-state index is -0.652. The number of primary amides is 2. The summed E-state index contributed by atoms with van der Waals surface area (Å²) in [5.74, 6) is -0.863. The molecule has 0 aromatic heterocycles. The minimum absolute atomic E-state index is 0.201. The average molecular weight is 493 g/mol. The van der Waals surface area contributed by atoms with Crippen LogP contribution < -0.4 is 20.9 Å². The minimum Gasteiger partial charge on any atom is -0.494 e. The maximum Gasteiger partial charge on any atom is 0.252 e. The SMILES string of the molecule is CCCCCC=C(c1cc(Cl)c(OC)c(C(N)=O)c1C)c1cc(Cl)c(OC)c(C(N)=O)c1C. The molecule has 0 saturated heterocycles. The Labute approximate surface area is 204 Å². The van der Waals surface area contributed by atoms with E-state index >= 15 is 0 Å². The lowest BCUT2D eigenvalue weighted by molar-refractivity contribution is 0.0988. The summed E-state index contributed by atoms with van der Waals surface area (Å²) in [4.78, 5) is 24.6. The third-order valence-corrected chi connectivity index (χ3v) is 6.19. The van der Waals surface area contributed by atoms with Crippen LogP contribution in [-0.2, 0) is 0 Å². The summed E-state index contributed by atoms with van der Waals surface area (Å²) in [5, 5.41) is 0.498. The van der Waals surface area contributed by atoms with Gasteiger partial charge < -0.3 is 20.9 Å². The molecular formula is C25H30Cl2N2O4. The van der Waals surface area contributed by atoms with Crippen molar-refractivity contribution in [3.05, 3.63) is 61.6 Å². The first-order valence-corrected chi connectivity index (χ1v) is 11.4. The number of amides is 2. The van der Waals surface area contributed by atoms with Crippen LogP contribution in [0, 0.1) is 13.8 Å². The Morgan fingerprint density at radius 1 is 0.879 bits per heavy atom. The van der Waals surface area contributed by atoms with Crippen molar-refractivity contribution >= 4 is 40.6 Å². The number of hydrogen-bond donors (Lipinski definition) is 2. The number of nitrogens with two attached hydrogens (primary N) is 2. The number of carbonyl (C=O) groups excluding carboxylic acids is 2. The lowest BCUT2D eigenvalue weighted by atomic mass is 9.86. The van der Waals surface area contributed by atoms with Crippen LogP contribution in [0.1, 0.15) is 75.6 Å². The van der Waals surface area contributed by atoms with Crippen molar-refractivity contribution in [1.82, 2.24) is 0 Å². The van der Waals surface area contributed by atoms with Gasteiger partial charge in [0.05, 0.1) is 35.4 Å². The highest BCUT2D eigenvalue weighted by molar-refractivity contribution is 6.33. The molecule has 6 nitrogen and oxygen atoms in total. The maximum absolute atomic E-state index is 12.3. The first kappa shape index (κ1) is 26.6. The molecule has 178 valence electrons. The number of halogens is 2. The van der Waals surface area contributed by atoms with Crippen molar-refractivity contribution in [2.45, 2.75) is 46.5 Å². The topological polar surface area (TPSA) is 105 Å². The third-order valence-electron chi connectivity index (χ3n) is 5.63. The fourth-order valence-electron chi connectivity index (χ4n) is 4.01. The number of unbranched alkanes of at least 4 members (excludes halogenated alkanes) is 3. The van der Waals surface area contributed by atoms with E-state index < -0.39 is 11.8 Å². The highest BCUT2D eigenvalue weighted by atomic mass is 35.5. The fourth-order valence-corrected chi connectivity index (χ4v) is 4.57. The molecule has 2 rings (SSSR count). The van der Waals surface area contributed by atoms with Crippen LogP contribution in [0.25, 0.3) is 5.57 Å². The van der Waals surface area contributed by atoms with Crippen molar-refractivity contribution in [1.29, 1.82) is 0 Å². The van der Waals surface area contributed by atoms with E-state index in [9.17, 15) is 9.59 Å². The first-order valence-electron chi connectivity index (χ1n) is 10.6. The molecular weight excluding hydrogens is 463 g/mol. The number of allylic oxidation sites excluding steroid dienone is 1. The maximum atomic E-state index is 12.3. The molecule has 0 atom stereocenters. The van der Waals surface area contributed by atoms with Crippen molar-refractivity contribution in [2.75, 3.05) is 14.2 Å². The van der Waals surface area contributed by atoms with Crippen LogP contribution in [0.3, 0.4) is 0 Å². The van der Waals surface area contributed by atoms with Gasteiger partial charge in [0.15, 0.2) is 11.5 Å². The Bertz CT molecular complexity index is 1030. The summed E-state index contributed by atoms with van der Waals surface area (Å²) in [6.07, 6.45) is 5.93. The molecule has 33 heavy (non-hydrogen) atoms. The molecule has 0 aliphatic carbocycles. The van der Waals surface area contributed by atoms with Gasteiger partial charge in [0.25, 0.3) is 11.8 Å². The van der Waals surface area contributed by atoms with Crippen molar-refractivity contribution in [3.63, 3.8) is 0 Å².